The first-order valence-corrected chi connectivity index (χ1v) is 21.5. The number of nitrogens with zero attached hydrogens (tertiary/aromatic N) is 1. The molecule has 0 radical (unpaired) electrons. The second-order valence-electron chi connectivity index (χ2n) is 17.4. The summed E-state index contributed by atoms with van der Waals surface area (Å²) in [4.78, 5) is 0. The van der Waals surface area contributed by atoms with Crippen molar-refractivity contribution in [2.45, 2.75) is 10.8 Å². The largest absolute Gasteiger partial charge is 0.309 e. The van der Waals surface area contributed by atoms with Crippen LogP contribution in [0.3, 0.4) is 0 Å². The van der Waals surface area contributed by atoms with Crippen LogP contribution in [-0.4, -0.2) is 4.57 Å². The zero-order chi connectivity index (χ0) is 39.6. The molecule has 10 aromatic carbocycles. The summed E-state index contributed by atoms with van der Waals surface area (Å²) in [6.45, 7) is 0. The van der Waals surface area contributed by atoms with Gasteiger partial charge >= 0.3 is 0 Å². The van der Waals surface area contributed by atoms with Gasteiger partial charge in [0.25, 0.3) is 0 Å². The summed E-state index contributed by atoms with van der Waals surface area (Å²) < 4.78 is 2.58. The smallest absolute Gasteiger partial charge is 0.0754 e. The van der Waals surface area contributed by atoms with E-state index in [1.54, 1.807) is 0 Å². The Balaban J connectivity index is 1.11. The first kappa shape index (κ1) is 32.2. The van der Waals surface area contributed by atoms with Gasteiger partial charge < -0.3 is 4.57 Å². The molecule has 11 aromatic rings. The number of rotatable bonds is 1. The van der Waals surface area contributed by atoms with E-state index < -0.39 is 10.8 Å². The molecule has 1 nitrogen and oxygen atoms in total. The average molecular weight is 770 g/mol. The van der Waals surface area contributed by atoms with Crippen LogP contribution in [0.15, 0.2) is 212 Å². The Kier molecular flexibility index (Phi) is 5.85. The van der Waals surface area contributed by atoms with Crippen molar-refractivity contribution in [3.8, 4) is 50.2 Å². The predicted molar refractivity (Wildman–Crippen MR) is 251 cm³/mol. The molecule has 4 aliphatic rings. The molecule has 0 N–H and O–H groups in total. The quantitative estimate of drug-likeness (QED) is 0.157. The molecule has 2 heterocycles. The molecule has 0 fully saturated rings. The van der Waals surface area contributed by atoms with E-state index in [-0.39, 0.29) is 0 Å². The molecule has 280 valence electrons. The van der Waals surface area contributed by atoms with E-state index in [0.29, 0.717) is 0 Å². The van der Waals surface area contributed by atoms with Crippen LogP contribution in [0.1, 0.15) is 44.5 Å². The van der Waals surface area contributed by atoms with Crippen LogP contribution in [0.4, 0.5) is 0 Å². The van der Waals surface area contributed by atoms with Gasteiger partial charge in [-0.1, -0.05) is 188 Å². The van der Waals surface area contributed by atoms with Gasteiger partial charge in [0.2, 0.25) is 0 Å². The minimum Gasteiger partial charge on any atom is -0.309 e. The Hall–Kier alpha value is -7.74. The van der Waals surface area contributed by atoms with E-state index >= 15 is 0 Å². The summed E-state index contributed by atoms with van der Waals surface area (Å²) in [5, 5.41) is 5.21. The molecule has 1 heteroatoms. The fourth-order valence-corrected chi connectivity index (χ4v) is 12.9. The monoisotopic (exact) mass is 769 g/mol. The molecule has 15 rings (SSSR count). The van der Waals surface area contributed by atoms with E-state index in [0.717, 1.165) is 0 Å². The lowest BCUT2D eigenvalue weighted by molar-refractivity contribution is 0.748. The van der Waals surface area contributed by atoms with E-state index in [1.165, 1.54) is 127 Å². The normalized spacial score (nSPS) is 14.8. The average Bonchev–Trinajstić information content (AvgIpc) is 3.94. The molecule has 0 unspecified atom stereocenters. The van der Waals surface area contributed by atoms with Crippen molar-refractivity contribution in [3.63, 3.8) is 0 Å². The van der Waals surface area contributed by atoms with Gasteiger partial charge in [0.05, 0.1) is 27.6 Å². The third-order valence-electron chi connectivity index (χ3n) is 15.0. The van der Waals surface area contributed by atoms with Gasteiger partial charge in [-0.2, -0.15) is 0 Å². The maximum absolute atomic E-state index is 2.58. The summed E-state index contributed by atoms with van der Waals surface area (Å²) in [7, 11) is 0. The molecule has 0 bridgehead atoms. The van der Waals surface area contributed by atoms with Crippen LogP contribution in [0, 0.1) is 0 Å². The van der Waals surface area contributed by atoms with Crippen LogP contribution >= 0.6 is 0 Å². The number of fused-ring (bicyclic) bond motifs is 21. The Labute approximate surface area is 353 Å². The molecular formula is C60H35N. The van der Waals surface area contributed by atoms with Crippen molar-refractivity contribution >= 4 is 32.6 Å². The lowest BCUT2D eigenvalue weighted by atomic mass is 9.61. The van der Waals surface area contributed by atoms with E-state index in [2.05, 4.69) is 217 Å². The van der Waals surface area contributed by atoms with Crippen LogP contribution in [0.25, 0.3) is 82.8 Å². The number of hydrogen-bond donors (Lipinski definition) is 0. The van der Waals surface area contributed by atoms with Crippen molar-refractivity contribution in [1.29, 1.82) is 0 Å². The van der Waals surface area contributed by atoms with E-state index in [9.17, 15) is 0 Å². The van der Waals surface area contributed by atoms with Crippen molar-refractivity contribution in [3.05, 3.63) is 257 Å². The number of aromatic nitrogens is 1. The highest BCUT2D eigenvalue weighted by atomic mass is 15.0. The first-order valence-electron chi connectivity index (χ1n) is 21.5. The Morgan fingerprint density at radius 3 is 1.38 bits per heavy atom. The van der Waals surface area contributed by atoms with E-state index in [4.69, 9.17) is 0 Å². The summed E-state index contributed by atoms with van der Waals surface area (Å²) in [6, 6.07) is 81.0. The van der Waals surface area contributed by atoms with Gasteiger partial charge in [-0.15, -0.1) is 0 Å². The summed E-state index contributed by atoms with van der Waals surface area (Å²) in [6.07, 6.45) is 0. The minimum absolute atomic E-state index is 0.472. The zero-order valence-electron chi connectivity index (χ0n) is 33.2. The highest BCUT2D eigenvalue weighted by molar-refractivity contribution is 6.19. The maximum atomic E-state index is 2.58. The summed E-state index contributed by atoms with van der Waals surface area (Å²) in [5.41, 5.74) is 24.1. The highest BCUT2D eigenvalue weighted by Crippen LogP contribution is 2.64. The lowest BCUT2D eigenvalue weighted by Gasteiger charge is -2.40. The van der Waals surface area contributed by atoms with Gasteiger partial charge in [-0.25, -0.2) is 0 Å². The number of hydrogen-bond acceptors (Lipinski definition) is 0. The Morgan fingerprint density at radius 2 is 0.770 bits per heavy atom. The van der Waals surface area contributed by atoms with Gasteiger partial charge in [-0.3, -0.25) is 0 Å². The number of benzene rings is 10. The van der Waals surface area contributed by atoms with Crippen LogP contribution in [-0.2, 0) is 10.8 Å². The Morgan fingerprint density at radius 1 is 0.295 bits per heavy atom. The summed E-state index contributed by atoms with van der Waals surface area (Å²) in [5.74, 6) is 0. The molecule has 1 aromatic heterocycles. The van der Waals surface area contributed by atoms with Gasteiger partial charge in [0.15, 0.2) is 0 Å². The second kappa shape index (κ2) is 11.1. The molecule has 0 saturated heterocycles. The fraction of sp³-hybridized carbons (Fsp3) is 0.0333. The third-order valence-corrected chi connectivity index (χ3v) is 15.0. The zero-order valence-corrected chi connectivity index (χ0v) is 33.2. The molecule has 1 aliphatic heterocycles. The molecule has 3 aliphatic carbocycles. The van der Waals surface area contributed by atoms with Gasteiger partial charge in [-0.05, 0) is 124 Å². The van der Waals surface area contributed by atoms with Crippen molar-refractivity contribution in [2.24, 2.45) is 0 Å². The molecule has 2 spiro atoms. The lowest BCUT2D eigenvalue weighted by Crippen LogP contribution is -2.33. The molecular weight excluding hydrogens is 735 g/mol. The summed E-state index contributed by atoms with van der Waals surface area (Å²) >= 11 is 0. The number of para-hydroxylation sites is 2. The van der Waals surface area contributed by atoms with Crippen LogP contribution in [0.5, 0.6) is 0 Å². The van der Waals surface area contributed by atoms with Gasteiger partial charge in [0, 0.05) is 10.8 Å². The van der Waals surface area contributed by atoms with Gasteiger partial charge in [0.1, 0.15) is 0 Å². The highest BCUT2D eigenvalue weighted by Gasteiger charge is 2.52. The topological polar surface area (TPSA) is 4.93 Å². The molecule has 0 atom stereocenters. The van der Waals surface area contributed by atoms with Crippen molar-refractivity contribution in [1.82, 2.24) is 4.57 Å². The van der Waals surface area contributed by atoms with E-state index in [1.807, 2.05) is 0 Å². The predicted octanol–water partition coefficient (Wildman–Crippen LogP) is 14.6. The SMILES string of the molecule is c1ccc2c(c1)-c1ccccc1C21c2ccccc2-c2cccc3cc(-c4ccc5c6c4c4ccccc4n6-c4ccccc4C54c5ccccc5-c5ccccc54)cc1c23. The van der Waals surface area contributed by atoms with Crippen LogP contribution < -0.4 is 0 Å². The molecule has 0 amide bonds. The third kappa shape index (κ3) is 3.57. The van der Waals surface area contributed by atoms with Crippen LogP contribution in [0.2, 0.25) is 0 Å². The fourth-order valence-electron chi connectivity index (χ4n) is 12.9. The molecule has 0 saturated carbocycles. The van der Waals surface area contributed by atoms with Crippen molar-refractivity contribution in [2.75, 3.05) is 0 Å². The Bertz CT molecular complexity index is 3690. The molecule has 61 heavy (non-hydrogen) atoms. The minimum atomic E-state index is -0.481. The maximum Gasteiger partial charge on any atom is 0.0754 e. The second-order valence-corrected chi connectivity index (χ2v) is 17.4. The first-order chi connectivity index (χ1) is 30.3. The van der Waals surface area contributed by atoms with Crippen molar-refractivity contribution < 1.29 is 0 Å². The standard InChI is InChI=1S/C60H35N/c1-7-24-46-39(17-1)40-18-2-8-25-47(40)59(46)50-28-11-5-21-43(50)44-23-15-16-36-34-37(35-53(59)56(36)44)38-32-33-52-58-57(38)45-22-6-13-30-54(45)61(58)55-31-14-12-29-51(55)60(52)48-26-9-3-19-41(48)42-20-4-10-27-49(42)60/h1-35H.